The van der Waals surface area contributed by atoms with Gasteiger partial charge in [-0.3, -0.25) is 9.59 Å². The Hall–Kier alpha value is -2.23. The summed E-state index contributed by atoms with van der Waals surface area (Å²) in [4.78, 5) is 25.5. The van der Waals surface area contributed by atoms with E-state index in [2.05, 4.69) is 23.3 Å². The molecule has 2 aromatic rings. The average molecular weight is 509 g/mol. The van der Waals surface area contributed by atoms with E-state index in [-0.39, 0.29) is 10.6 Å². The molecule has 2 amide bonds. The molecule has 2 aromatic carbocycles. The maximum atomic E-state index is 12.9. The number of benzene rings is 2. The van der Waals surface area contributed by atoms with Crippen LogP contribution in [-0.2, 0) is 4.79 Å². The largest absolute Gasteiger partial charge is 0.334 e. The normalized spacial score (nSPS) is 21.7. The van der Waals surface area contributed by atoms with Crippen LogP contribution in [-0.4, -0.2) is 21.7 Å². The van der Waals surface area contributed by atoms with E-state index in [1.807, 2.05) is 6.07 Å². The fraction of sp³-hybridized carbons (Fsp3) is 0.261. The predicted octanol–water partition coefficient (Wildman–Crippen LogP) is 5.95. The molecule has 2 N–H and O–H groups in total. The molecule has 0 heterocycles. The van der Waals surface area contributed by atoms with Crippen molar-refractivity contribution in [3.8, 4) is 6.07 Å². The molecule has 164 valence electrons. The first-order valence-corrected chi connectivity index (χ1v) is 11.3. The maximum absolute atomic E-state index is 12.9. The molecule has 0 spiro atoms. The third-order valence-electron chi connectivity index (χ3n) is 5.73. The standard InChI is InChI=1S/C23H17Cl4N3O2/c1-2-12-3-4-13(9-17(12)25)18-19(23(18,26)27)21(32)29-14-5-6-16(24)15(10-14)20(31)30-22(11-28)7-8-22/h2-6,9-10,18-19H,1,7-8H2,(H,29,32)(H,30,31)/t18-,19+/m1/s1. The summed E-state index contributed by atoms with van der Waals surface area (Å²) in [5, 5.41) is 15.3. The van der Waals surface area contributed by atoms with Crippen LogP contribution in [0.2, 0.25) is 10.0 Å². The SMILES string of the molecule is C=Cc1ccc([C@@H]2[C@@H](C(=O)Nc3ccc(Cl)c(C(=O)NC4(C#N)CC4)c3)C2(Cl)Cl)cc1Cl. The summed E-state index contributed by atoms with van der Waals surface area (Å²) in [6, 6.07) is 12.0. The number of hydrogen-bond acceptors (Lipinski definition) is 3. The molecular formula is C23H17Cl4N3O2. The van der Waals surface area contributed by atoms with E-state index in [4.69, 9.17) is 46.4 Å². The van der Waals surface area contributed by atoms with Crippen molar-refractivity contribution in [2.45, 2.75) is 28.6 Å². The van der Waals surface area contributed by atoms with Crippen molar-refractivity contribution < 1.29 is 9.59 Å². The van der Waals surface area contributed by atoms with Gasteiger partial charge in [0.05, 0.1) is 22.6 Å². The van der Waals surface area contributed by atoms with Gasteiger partial charge < -0.3 is 10.6 Å². The second kappa shape index (κ2) is 8.28. The quantitative estimate of drug-likeness (QED) is 0.473. The molecule has 2 aliphatic rings. The van der Waals surface area contributed by atoms with Crippen molar-refractivity contribution in [3.05, 3.63) is 69.7 Å². The Morgan fingerprint density at radius 1 is 1.12 bits per heavy atom. The van der Waals surface area contributed by atoms with E-state index in [0.29, 0.717) is 23.6 Å². The fourth-order valence-electron chi connectivity index (χ4n) is 3.64. The lowest BCUT2D eigenvalue weighted by Crippen LogP contribution is -2.35. The highest BCUT2D eigenvalue weighted by molar-refractivity contribution is 6.53. The van der Waals surface area contributed by atoms with Gasteiger partial charge in [0.15, 0.2) is 0 Å². The van der Waals surface area contributed by atoms with E-state index < -0.39 is 33.5 Å². The van der Waals surface area contributed by atoms with Crippen molar-refractivity contribution >= 4 is 70.0 Å². The summed E-state index contributed by atoms with van der Waals surface area (Å²) in [5.41, 5.74) is 1.20. The van der Waals surface area contributed by atoms with E-state index in [1.165, 1.54) is 12.1 Å². The Bertz CT molecular complexity index is 1180. The number of amides is 2. The third kappa shape index (κ3) is 4.21. The Kier molecular flexibility index (Phi) is 5.94. The number of carbonyl (C=O) groups excluding carboxylic acids is 2. The Balaban J connectivity index is 1.50. The van der Waals surface area contributed by atoms with Gasteiger partial charge in [-0.1, -0.05) is 48.0 Å². The molecule has 9 heteroatoms. The second-order valence-corrected chi connectivity index (χ2v) is 10.2. The number of anilines is 1. The average Bonchev–Trinajstić information content (AvgIpc) is 3.64. The predicted molar refractivity (Wildman–Crippen MR) is 127 cm³/mol. The summed E-state index contributed by atoms with van der Waals surface area (Å²) in [6.07, 6.45) is 2.82. The van der Waals surface area contributed by atoms with E-state index in [1.54, 1.807) is 24.3 Å². The summed E-state index contributed by atoms with van der Waals surface area (Å²) >= 11 is 25.3. The molecule has 5 nitrogen and oxygen atoms in total. The van der Waals surface area contributed by atoms with Crippen molar-refractivity contribution in [2.75, 3.05) is 5.32 Å². The lowest BCUT2D eigenvalue weighted by Gasteiger charge is -2.12. The number of nitrogens with one attached hydrogen (secondary N) is 2. The maximum Gasteiger partial charge on any atom is 0.254 e. The van der Waals surface area contributed by atoms with Crippen molar-refractivity contribution in [1.29, 1.82) is 5.26 Å². The van der Waals surface area contributed by atoms with Crippen LogP contribution in [0.15, 0.2) is 43.0 Å². The minimum atomic E-state index is -1.29. The van der Waals surface area contributed by atoms with Gasteiger partial charge in [-0.25, -0.2) is 0 Å². The Morgan fingerprint density at radius 3 is 2.44 bits per heavy atom. The molecule has 0 saturated heterocycles. The van der Waals surface area contributed by atoms with E-state index >= 15 is 0 Å². The number of carbonyl (C=O) groups is 2. The van der Waals surface area contributed by atoms with Gasteiger partial charge in [-0.2, -0.15) is 5.26 Å². The van der Waals surface area contributed by atoms with Gasteiger partial charge in [0.25, 0.3) is 5.91 Å². The van der Waals surface area contributed by atoms with E-state index in [0.717, 1.165) is 11.1 Å². The molecule has 0 aromatic heterocycles. The molecule has 0 unspecified atom stereocenters. The molecule has 2 fully saturated rings. The topological polar surface area (TPSA) is 82.0 Å². The van der Waals surface area contributed by atoms with Crippen LogP contribution in [0.3, 0.4) is 0 Å². The van der Waals surface area contributed by atoms with E-state index in [9.17, 15) is 14.9 Å². The number of halogens is 4. The smallest absolute Gasteiger partial charge is 0.254 e. The number of nitrogens with zero attached hydrogens (tertiary/aromatic N) is 1. The first kappa shape index (κ1) is 22.9. The summed E-state index contributed by atoms with van der Waals surface area (Å²) in [5.74, 6) is -2.02. The number of alkyl halides is 2. The van der Waals surface area contributed by atoms with Crippen molar-refractivity contribution in [2.24, 2.45) is 5.92 Å². The van der Waals surface area contributed by atoms with Crippen LogP contribution in [0.5, 0.6) is 0 Å². The second-order valence-electron chi connectivity index (χ2n) is 7.95. The monoisotopic (exact) mass is 507 g/mol. The lowest BCUT2D eigenvalue weighted by molar-refractivity contribution is -0.117. The number of hydrogen-bond donors (Lipinski definition) is 2. The zero-order valence-corrected chi connectivity index (χ0v) is 19.6. The van der Waals surface area contributed by atoms with Crippen LogP contribution in [0.1, 0.15) is 40.2 Å². The summed E-state index contributed by atoms with van der Waals surface area (Å²) in [7, 11) is 0. The van der Waals surface area contributed by atoms with Gasteiger partial charge in [-0.15, -0.1) is 23.2 Å². The highest BCUT2D eigenvalue weighted by Gasteiger charge is 2.67. The molecule has 0 radical (unpaired) electrons. The highest BCUT2D eigenvalue weighted by Crippen LogP contribution is 2.65. The summed E-state index contributed by atoms with van der Waals surface area (Å²) < 4.78 is -1.29. The molecule has 2 atom stereocenters. The van der Waals surface area contributed by atoms with Gasteiger partial charge in [-0.05, 0) is 48.2 Å². The van der Waals surface area contributed by atoms with Crippen LogP contribution in [0.4, 0.5) is 5.69 Å². The zero-order chi connectivity index (χ0) is 23.3. The molecule has 0 aliphatic heterocycles. The fourth-order valence-corrected chi connectivity index (χ4v) is 4.94. The number of nitriles is 1. The van der Waals surface area contributed by atoms with Crippen molar-refractivity contribution in [3.63, 3.8) is 0 Å². The van der Waals surface area contributed by atoms with Gasteiger partial charge in [0.1, 0.15) is 9.87 Å². The molecular weight excluding hydrogens is 492 g/mol. The molecule has 32 heavy (non-hydrogen) atoms. The molecule has 0 bridgehead atoms. The number of rotatable bonds is 6. The molecule has 2 aliphatic carbocycles. The minimum absolute atomic E-state index is 0.160. The molecule has 4 rings (SSSR count). The highest BCUT2D eigenvalue weighted by atomic mass is 35.5. The van der Waals surface area contributed by atoms with Crippen LogP contribution in [0.25, 0.3) is 6.08 Å². The van der Waals surface area contributed by atoms with Gasteiger partial charge >= 0.3 is 0 Å². The van der Waals surface area contributed by atoms with Crippen LogP contribution < -0.4 is 10.6 Å². The van der Waals surface area contributed by atoms with Crippen molar-refractivity contribution in [1.82, 2.24) is 5.32 Å². The van der Waals surface area contributed by atoms with Gasteiger partial charge in [0, 0.05) is 16.6 Å². The Labute approximate surface area is 205 Å². The third-order valence-corrected chi connectivity index (χ3v) is 7.33. The Morgan fingerprint density at radius 2 is 1.84 bits per heavy atom. The van der Waals surface area contributed by atoms with Gasteiger partial charge in [0.2, 0.25) is 5.91 Å². The zero-order valence-electron chi connectivity index (χ0n) is 16.6. The molecule has 2 saturated carbocycles. The lowest BCUT2D eigenvalue weighted by atomic mass is 10.1. The van der Waals surface area contributed by atoms with Crippen LogP contribution in [0, 0.1) is 17.2 Å². The minimum Gasteiger partial charge on any atom is -0.334 e. The summed E-state index contributed by atoms with van der Waals surface area (Å²) in [6.45, 7) is 3.70. The van der Waals surface area contributed by atoms with Crippen LogP contribution >= 0.6 is 46.4 Å². The first-order valence-electron chi connectivity index (χ1n) is 9.76. The first-order chi connectivity index (χ1) is 15.1.